The Labute approximate surface area is 103 Å². The third-order valence-electron chi connectivity index (χ3n) is 3.50. The molecule has 0 spiro atoms. The van der Waals surface area contributed by atoms with Crippen molar-refractivity contribution in [2.45, 2.75) is 51.3 Å². The third-order valence-corrected chi connectivity index (χ3v) is 3.50. The Balaban J connectivity index is 1.93. The van der Waals surface area contributed by atoms with E-state index in [0.29, 0.717) is 12.1 Å². The number of nitrogens with one attached hydrogen (secondary N) is 1. The zero-order valence-electron chi connectivity index (χ0n) is 10.9. The van der Waals surface area contributed by atoms with Crippen molar-refractivity contribution >= 4 is 0 Å². The number of nitrogens with zero attached hydrogens (tertiary/aromatic N) is 2. The van der Waals surface area contributed by atoms with Crippen LogP contribution in [0.1, 0.15) is 31.7 Å². The number of hydrogen-bond donors (Lipinski definition) is 1. The van der Waals surface area contributed by atoms with Crippen LogP contribution in [0.4, 0.5) is 0 Å². The van der Waals surface area contributed by atoms with Gasteiger partial charge in [-0.25, -0.2) is 0 Å². The van der Waals surface area contributed by atoms with Crippen molar-refractivity contribution in [2.24, 2.45) is 0 Å². The van der Waals surface area contributed by atoms with E-state index >= 15 is 0 Å². The van der Waals surface area contributed by atoms with Crippen LogP contribution in [0, 0.1) is 0 Å². The summed E-state index contributed by atoms with van der Waals surface area (Å²) in [5.41, 5.74) is 1.29. The molecule has 1 saturated heterocycles. The summed E-state index contributed by atoms with van der Waals surface area (Å²) >= 11 is 0. The molecule has 1 aliphatic heterocycles. The number of rotatable bonds is 5. The van der Waals surface area contributed by atoms with Crippen LogP contribution in [-0.2, 0) is 17.7 Å². The first kappa shape index (κ1) is 12.6. The lowest BCUT2D eigenvalue weighted by Gasteiger charge is -2.30. The molecule has 17 heavy (non-hydrogen) atoms. The van der Waals surface area contributed by atoms with Crippen molar-refractivity contribution in [3.8, 4) is 0 Å². The Hall–Kier alpha value is -0.870. The van der Waals surface area contributed by atoms with Crippen LogP contribution in [0.3, 0.4) is 0 Å². The zero-order chi connectivity index (χ0) is 12.1. The van der Waals surface area contributed by atoms with Gasteiger partial charge in [-0.2, -0.15) is 5.10 Å². The molecule has 1 fully saturated rings. The average Bonchev–Trinajstić information content (AvgIpc) is 2.84. The Morgan fingerprint density at radius 1 is 1.59 bits per heavy atom. The molecule has 4 heteroatoms. The van der Waals surface area contributed by atoms with E-state index in [-0.39, 0.29) is 0 Å². The molecule has 1 aromatic heterocycles. The summed E-state index contributed by atoms with van der Waals surface area (Å²) in [5.74, 6) is 0. The van der Waals surface area contributed by atoms with Gasteiger partial charge in [0.1, 0.15) is 0 Å². The number of hydrogen-bond acceptors (Lipinski definition) is 3. The van der Waals surface area contributed by atoms with Gasteiger partial charge < -0.3 is 10.1 Å². The fraction of sp³-hybridized carbons (Fsp3) is 0.769. The minimum Gasteiger partial charge on any atom is -0.377 e. The van der Waals surface area contributed by atoms with Crippen LogP contribution in [0.15, 0.2) is 12.4 Å². The summed E-state index contributed by atoms with van der Waals surface area (Å²) in [6.45, 7) is 3.96. The summed E-state index contributed by atoms with van der Waals surface area (Å²) in [6.07, 6.45) is 9.13. The average molecular weight is 237 g/mol. The summed E-state index contributed by atoms with van der Waals surface area (Å²) in [7, 11) is 2.02. The smallest absolute Gasteiger partial charge is 0.0731 e. The number of ether oxygens (including phenoxy) is 1. The molecule has 1 aliphatic rings. The molecule has 0 aromatic carbocycles. The molecular formula is C13H23N3O. The summed E-state index contributed by atoms with van der Waals surface area (Å²) in [5, 5.41) is 7.70. The monoisotopic (exact) mass is 237 g/mol. The van der Waals surface area contributed by atoms with Crippen molar-refractivity contribution in [1.29, 1.82) is 0 Å². The van der Waals surface area contributed by atoms with Gasteiger partial charge in [0.25, 0.3) is 0 Å². The summed E-state index contributed by atoms with van der Waals surface area (Å²) in [6, 6.07) is 0.407. The predicted octanol–water partition coefficient (Wildman–Crippen LogP) is 1.60. The molecule has 0 saturated carbocycles. The maximum atomic E-state index is 5.85. The molecule has 2 unspecified atom stereocenters. The van der Waals surface area contributed by atoms with Crippen LogP contribution < -0.4 is 5.32 Å². The number of aromatic nitrogens is 2. The van der Waals surface area contributed by atoms with E-state index in [1.54, 1.807) is 0 Å². The fourth-order valence-corrected chi connectivity index (χ4v) is 2.44. The zero-order valence-corrected chi connectivity index (χ0v) is 10.9. The van der Waals surface area contributed by atoms with Gasteiger partial charge in [-0.15, -0.1) is 0 Å². The van der Waals surface area contributed by atoms with E-state index in [1.807, 2.05) is 17.9 Å². The second kappa shape index (κ2) is 6.17. The van der Waals surface area contributed by atoms with Crippen molar-refractivity contribution < 1.29 is 4.74 Å². The Morgan fingerprint density at radius 2 is 2.47 bits per heavy atom. The molecular weight excluding hydrogens is 214 g/mol. The standard InChI is InChI=1S/C13H23N3O/c1-3-16-10-11(9-15-16)8-12(14-2)13-6-4-5-7-17-13/h9-10,12-14H,3-8H2,1-2H3. The SMILES string of the molecule is CCn1cc(CC(NC)C2CCCCO2)cn1. The molecule has 2 rings (SSSR count). The highest BCUT2D eigenvalue weighted by Crippen LogP contribution is 2.18. The van der Waals surface area contributed by atoms with E-state index in [9.17, 15) is 0 Å². The van der Waals surface area contributed by atoms with Crippen molar-refractivity contribution in [2.75, 3.05) is 13.7 Å². The molecule has 0 bridgehead atoms. The Kier molecular flexibility index (Phi) is 4.57. The molecule has 1 N–H and O–H groups in total. The summed E-state index contributed by atoms with van der Waals surface area (Å²) < 4.78 is 7.82. The minimum atomic E-state index is 0.360. The molecule has 2 heterocycles. The Bertz CT molecular complexity index is 331. The number of aryl methyl sites for hydroxylation is 1. The first-order valence-corrected chi connectivity index (χ1v) is 6.63. The largest absolute Gasteiger partial charge is 0.377 e. The van der Waals surface area contributed by atoms with E-state index in [0.717, 1.165) is 19.6 Å². The highest BCUT2D eigenvalue weighted by atomic mass is 16.5. The fourth-order valence-electron chi connectivity index (χ4n) is 2.44. The van der Waals surface area contributed by atoms with Gasteiger partial charge in [-0.1, -0.05) is 0 Å². The maximum absolute atomic E-state index is 5.85. The van der Waals surface area contributed by atoms with E-state index in [1.165, 1.54) is 24.8 Å². The van der Waals surface area contributed by atoms with Crippen molar-refractivity contribution in [3.63, 3.8) is 0 Å². The van der Waals surface area contributed by atoms with E-state index in [4.69, 9.17) is 4.74 Å². The second-order valence-electron chi connectivity index (χ2n) is 4.71. The third kappa shape index (κ3) is 3.30. The molecule has 0 radical (unpaired) electrons. The molecule has 1 aromatic rings. The lowest BCUT2D eigenvalue weighted by Crippen LogP contribution is -2.42. The van der Waals surface area contributed by atoms with Gasteiger partial charge in [0.2, 0.25) is 0 Å². The van der Waals surface area contributed by atoms with Crippen LogP contribution in [0.25, 0.3) is 0 Å². The van der Waals surface area contributed by atoms with Crippen LogP contribution in [0.5, 0.6) is 0 Å². The van der Waals surface area contributed by atoms with Gasteiger partial charge in [0, 0.05) is 25.4 Å². The van der Waals surface area contributed by atoms with E-state index in [2.05, 4.69) is 23.5 Å². The van der Waals surface area contributed by atoms with Crippen molar-refractivity contribution in [3.05, 3.63) is 18.0 Å². The molecule has 2 atom stereocenters. The highest BCUT2D eigenvalue weighted by molar-refractivity contribution is 5.07. The van der Waals surface area contributed by atoms with Gasteiger partial charge >= 0.3 is 0 Å². The van der Waals surface area contributed by atoms with Gasteiger partial charge in [-0.05, 0) is 45.2 Å². The topological polar surface area (TPSA) is 39.1 Å². The Morgan fingerprint density at radius 3 is 3.06 bits per heavy atom. The normalized spacial score (nSPS) is 22.6. The quantitative estimate of drug-likeness (QED) is 0.845. The molecule has 0 aliphatic carbocycles. The maximum Gasteiger partial charge on any atom is 0.0731 e. The molecule has 4 nitrogen and oxygen atoms in total. The minimum absolute atomic E-state index is 0.360. The van der Waals surface area contributed by atoms with Crippen LogP contribution >= 0.6 is 0 Å². The molecule has 96 valence electrons. The lowest BCUT2D eigenvalue weighted by molar-refractivity contribution is -0.00587. The number of likely N-dealkylation sites (N-methyl/N-ethyl adjacent to an activating group) is 1. The first-order valence-electron chi connectivity index (χ1n) is 6.63. The first-order chi connectivity index (χ1) is 8.33. The second-order valence-corrected chi connectivity index (χ2v) is 4.71. The molecule has 0 amide bonds. The van der Waals surface area contributed by atoms with Crippen LogP contribution in [-0.4, -0.2) is 35.6 Å². The predicted molar refractivity (Wildman–Crippen MR) is 68.0 cm³/mol. The lowest BCUT2D eigenvalue weighted by atomic mass is 9.97. The highest BCUT2D eigenvalue weighted by Gasteiger charge is 2.23. The van der Waals surface area contributed by atoms with Crippen molar-refractivity contribution in [1.82, 2.24) is 15.1 Å². The van der Waals surface area contributed by atoms with Gasteiger partial charge in [-0.3, -0.25) is 4.68 Å². The van der Waals surface area contributed by atoms with Crippen LogP contribution in [0.2, 0.25) is 0 Å². The van der Waals surface area contributed by atoms with Gasteiger partial charge in [0.05, 0.1) is 12.3 Å². The van der Waals surface area contributed by atoms with Gasteiger partial charge in [0.15, 0.2) is 0 Å². The van der Waals surface area contributed by atoms with E-state index < -0.39 is 0 Å². The summed E-state index contributed by atoms with van der Waals surface area (Å²) in [4.78, 5) is 0.